The summed E-state index contributed by atoms with van der Waals surface area (Å²) >= 11 is 0. The highest BCUT2D eigenvalue weighted by atomic mass is 16.2. The van der Waals surface area contributed by atoms with Crippen molar-refractivity contribution in [3.63, 3.8) is 0 Å². The summed E-state index contributed by atoms with van der Waals surface area (Å²) in [5, 5.41) is 0. The summed E-state index contributed by atoms with van der Waals surface area (Å²) in [6, 6.07) is 16.3. The fourth-order valence-electron chi connectivity index (χ4n) is 4.18. The summed E-state index contributed by atoms with van der Waals surface area (Å²) in [4.78, 5) is 29.4. The summed E-state index contributed by atoms with van der Waals surface area (Å²) in [6.45, 7) is 6.51. The predicted molar refractivity (Wildman–Crippen MR) is 106 cm³/mol. The van der Waals surface area contributed by atoms with E-state index in [0.29, 0.717) is 32.1 Å². The van der Waals surface area contributed by atoms with Crippen molar-refractivity contribution in [2.24, 2.45) is 5.92 Å². The molecule has 27 heavy (non-hydrogen) atoms. The van der Waals surface area contributed by atoms with Crippen molar-refractivity contribution in [1.29, 1.82) is 0 Å². The summed E-state index contributed by atoms with van der Waals surface area (Å²) < 4.78 is 0. The molecule has 1 aliphatic heterocycles. The van der Waals surface area contributed by atoms with E-state index in [1.807, 2.05) is 54.0 Å². The van der Waals surface area contributed by atoms with E-state index < -0.39 is 0 Å². The maximum absolute atomic E-state index is 12.8. The van der Waals surface area contributed by atoms with Gasteiger partial charge < -0.3 is 9.80 Å². The molecular formula is C23H26N2O2. The van der Waals surface area contributed by atoms with Gasteiger partial charge in [-0.05, 0) is 43.9 Å². The largest absolute Gasteiger partial charge is 0.339 e. The summed E-state index contributed by atoms with van der Waals surface area (Å²) in [5.74, 6) is 0.813. The van der Waals surface area contributed by atoms with E-state index in [-0.39, 0.29) is 17.7 Å². The lowest BCUT2D eigenvalue weighted by Crippen LogP contribution is -2.51. The second-order valence-corrected chi connectivity index (χ2v) is 7.85. The van der Waals surface area contributed by atoms with Crippen molar-refractivity contribution in [3.05, 3.63) is 70.8 Å². The molecule has 0 N–H and O–H groups in total. The topological polar surface area (TPSA) is 40.6 Å². The minimum Gasteiger partial charge on any atom is -0.339 e. The van der Waals surface area contributed by atoms with E-state index in [9.17, 15) is 9.59 Å². The first-order chi connectivity index (χ1) is 13.0. The fourth-order valence-corrected chi connectivity index (χ4v) is 4.18. The standard InChI is InChI=1S/C23H26N2O2/c1-16-12-17(2)14-19(13-16)22(26)24-8-10-25(11-9-24)23(27)21-15-20(21)18-6-4-3-5-7-18/h3-7,12-14,20-21H,8-11,15H2,1-2H3. The third-order valence-corrected chi connectivity index (χ3v) is 5.68. The Morgan fingerprint density at radius 1 is 0.852 bits per heavy atom. The van der Waals surface area contributed by atoms with Gasteiger partial charge in [-0.15, -0.1) is 0 Å². The minimum absolute atomic E-state index is 0.0717. The monoisotopic (exact) mass is 362 g/mol. The van der Waals surface area contributed by atoms with Gasteiger partial charge in [0.25, 0.3) is 5.91 Å². The number of carbonyl (C=O) groups is 2. The number of carbonyl (C=O) groups excluding carboxylic acids is 2. The van der Waals surface area contributed by atoms with Gasteiger partial charge in [0.05, 0.1) is 0 Å². The molecule has 4 heteroatoms. The Morgan fingerprint density at radius 3 is 2.07 bits per heavy atom. The normalized spacial score (nSPS) is 21.9. The molecule has 0 bridgehead atoms. The van der Waals surface area contributed by atoms with Crippen LogP contribution < -0.4 is 0 Å². The zero-order valence-corrected chi connectivity index (χ0v) is 16.0. The highest BCUT2D eigenvalue weighted by molar-refractivity contribution is 5.95. The van der Waals surface area contributed by atoms with Gasteiger partial charge in [0.1, 0.15) is 0 Å². The zero-order chi connectivity index (χ0) is 19.0. The third kappa shape index (κ3) is 3.75. The molecule has 0 aromatic heterocycles. The van der Waals surface area contributed by atoms with Gasteiger partial charge in [-0.25, -0.2) is 0 Å². The number of amides is 2. The lowest BCUT2D eigenvalue weighted by Gasteiger charge is -2.35. The molecular weight excluding hydrogens is 336 g/mol. The molecule has 140 valence electrons. The van der Waals surface area contributed by atoms with Gasteiger partial charge in [-0.3, -0.25) is 9.59 Å². The SMILES string of the molecule is Cc1cc(C)cc(C(=O)N2CCN(C(=O)C3CC3c3ccccc3)CC2)c1. The Bertz CT molecular complexity index is 834. The fraction of sp³-hybridized carbons (Fsp3) is 0.391. The molecule has 2 aromatic rings. The van der Waals surface area contributed by atoms with Crippen LogP contribution in [0.4, 0.5) is 0 Å². The molecule has 1 saturated heterocycles. The maximum atomic E-state index is 12.8. The molecule has 2 atom stereocenters. The number of aryl methyl sites for hydroxylation is 2. The molecule has 2 amide bonds. The summed E-state index contributed by atoms with van der Waals surface area (Å²) in [5.41, 5.74) is 4.22. The molecule has 4 nitrogen and oxygen atoms in total. The zero-order valence-electron chi connectivity index (χ0n) is 16.0. The Labute approximate surface area is 160 Å². The predicted octanol–water partition coefficient (Wildman–Crippen LogP) is 3.39. The van der Waals surface area contributed by atoms with Gasteiger partial charge in [0.15, 0.2) is 0 Å². The number of piperazine rings is 1. The first-order valence-electron chi connectivity index (χ1n) is 9.74. The number of nitrogens with zero attached hydrogens (tertiary/aromatic N) is 2. The Morgan fingerprint density at radius 2 is 1.44 bits per heavy atom. The van der Waals surface area contributed by atoms with E-state index in [1.54, 1.807) is 0 Å². The minimum atomic E-state index is 0.0717. The van der Waals surface area contributed by atoms with E-state index in [4.69, 9.17) is 0 Å². The maximum Gasteiger partial charge on any atom is 0.253 e. The average molecular weight is 362 g/mol. The van der Waals surface area contributed by atoms with Crippen LogP contribution in [-0.2, 0) is 4.79 Å². The van der Waals surface area contributed by atoms with Crippen molar-refractivity contribution in [2.45, 2.75) is 26.2 Å². The van der Waals surface area contributed by atoms with Crippen LogP contribution in [0.15, 0.2) is 48.5 Å². The van der Waals surface area contributed by atoms with Crippen LogP contribution in [0.3, 0.4) is 0 Å². The van der Waals surface area contributed by atoms with Crippen molar-refractivity contribution >= 4 is 11.8 Å². The van der Waals surface area contributed by atoms with E-state index in [1.165, 1.54) is 5.56 Å². The Hall–Kier alpha value is -2.62. The van der Waals surface area contributed by atoms with Crippen LogP contribution >= 0.6 is 0 Å². The molecule has 0 spiro atoms. The number of hydrogen-bond acceptors (Lipinski definition) is 2. The van der Waals surface area contributed by atoms with Gasteiger partial charge in [-0.2, -0.15) is 0 Å². The van der Waals surface area contributed by atoms with Crippen LogP contribution in [0.2, 0.25) is 0 Å². The first-order valence-corrected chi connectivity index (χ1v) is 9.74. The molecule has 0 radical (unpaired) electrons. The van der Waals surface area contributed by atoms with Crippen LogP contribution in [0.1, 0.15) is 39.4 Å². The quantitative estimate of drug-likeness (QED) is 0.840. The van der Waals surface area contributed by atoms with Crippen LogP contribution in [0.25, 0.3) is 0 Å². The van der Waals surface area contributed by atoms with Crippen molar-refractivity contribution in [2.75, 3.05) is 26.2 Å². The van der Waals surface area contributed by atoms with E-state index in [2.05, 4.69) is 18.2 Å². The van der Waals surface area contributed by atoms with Crippen molar-refractivity contribution in [3.8, 4) is 0 Å². The lowest BCUT2D eigenvalue weighted by atomic mass is 10.1. The van der Waals surface area contributed by atoms with Crippen LogP contribution in [0.5, 0.6) is 0 Å². The molecule has 2 aliphatic rings. The molecule has 4 rings (SSSR count). The Balaban J connectivity index is 1.34. The second-order valence-electron chi connectivity index (χ2n) is 7.85. The second kappa shape index (κ2) is 7.18. The molecule has 1 aliphatic carbocycles. The molecule has 1 saturated carbocycles. The van der Waals surface area contributed by atoms with Crippen LogP contribution in [0, 0.1) is 19.8 Å². The van der Waals surface area contributed by atoms with Crippen molar-refractivity contribution in [1.82, 2.24) is 9.80 Å². The van der Waals surface area contributed by atoms with Gasteiger partial charge >= 0.3 is 0 Å². The first kappa shape index (κ1) is 17.8. The highest BCUT2D eigenvalue weighted by Crippen LogP contribution is 2.48. The van der Waals surface area contributed by atoms with E-state index in [0.717, 1.165) is 23.1 Å². The number of hydrogen-bond donors (Lipinski definition) is 0. The third-order valence-electron chi connectivity index (χ3n) is 5.68. The molecule has 1 heterocycles. The van der Waals surface area contributed by atoms with Crippen LogP contribution in [-0.4, -0.2) is 47.8 Å². The average Bonchev–Trinajstić information content (AvgIpc) is 3.48. The summed E-state index contributed by atoms with van der Waals surface area (Å²) in [7, 11) is 0. The van der Waals surface area contributed by atoms with E-state index >= 15 is 0 Å². The molecule has 2 unspecified atom stereocenters. The Kier molecular flexibility index (Phi) is 4.73. The smallest absolute Gasteiger partial charge is 0.253 e. The van der Waals surface area contributed by atoms with Gasteiger partial charge in [-0.1, -0.05) is 47.5 Å². The molecule has 2 fully saturated rings. The van der Waals surface area contributed by atoms with Gasteiger partial charge in [0, 0.05) is 37.7 Å². The highest BCUT2D eigenvalue weighted by Gasteiger charge is 2.46. The molecule has 2 aromatic carbocycles. The van der Waals surface area contributed by atoms with Gasteiger partial charge in [0.2, 0.25) is 5.91 Å². The lowest BCUT2D eigenvalue weighted by molar-refractivity contribution is -0.134. The van der Waals surface area contributed by atoms with Crippen molar-refractivity contribution < 1.29 is 9.59 Å². The number of rotatable bonds is 3. The number of benzene rings is 2. The summed E-state index contributed by atoms with van der Waals surface area (Å²) in [6.07, 6.45) is 0.949.